The average Bonchev–Trinajstić information content (AvgIpc) is 3.01. The molecule has 0 aliphatic carbocycles. The third kappa shape index (κ3) is 4.80. The van der Waals surface area contributed by atoms with E-state index in [1.54, 1.807) is 0 Å². The van der Waals surface area contributed by atoms with Crippen molar-refractivity contribution in [2.24, 2.45) is 0 Å². The number of thiocarbonyl (C=S) groups is 1. The first-order chi connectivity index (χ1) is 12.2. The highest BCUT2D eigenvalue weighted by Gasteiger charge is 2.20. The molecule has 1 aromatic carbocycles. The average molecular weight is 358 g/mol. The van der Waals surface area contributed by atoms with Crippen molar-refractivity contribution in [1.82, 2.24) is 24.9 Å². The molecule has 134 valence electrons. The largest absolute Gasteiger partial charge is 0.358 e. The van der Waals surface area contributed by atoms with Crippen LogP contribution in [0.1, 0.15) is 23.7 Å². The zero-order valence-corrected chi connectivity index (χ0v) is 15.9. The van der Waals surface area contributed by atoms with Gasteiger partial charge in [-0.2, -0.15) is 5.10 Å². The van der Waals surface area contributed by atoms with E-state index in [0.717, 1.165) is 56.6 Å². The molecule has 1 fully saturated rings. The number of aryl methyl sites for hydroxylation is 2. The van der Waals surface area contributed by atoms with Crippen molar-refractivity contribution in [2.75, 3.05) is 26.2 Å². The quantitative estimate of drug-likeness (QED) is 0.832. The van der Waals surface area contributed by atoms with Crippen molar-refractivity contribution < 1.29 is 0 Å². The Morgan fingerprint density at radius 3 is 2.52 bits per heavy atom. The Morgan fingerprint density at radius 1 is 1.16 bits per heavy atom. The summed E-state index contributed by atoms with van der Waals surface area (Å²) in [5, 5.41) is 8.78. The summed E-state index contributed by atoms with van der Waals surface area (Å²) in [6, 6.07) is 10.4. The Balaban J connectivity index is 1.44. The van der Waals surface area contributed by atoms with E-state index >= 15 is 0 Å². The molecule has 0 atom stereocenters. The van der Waals surface area contributed by atoms with Crippen LogP contribution >= 0.6 is 12.2 Å². The second-order valence-corrected chi connectivity index (χ2v) is 6.89. The van der Waals surface area contributed by atoms with Crippen LogP contribution in [0, 0.1) is 6.92 Å². The van der Waals surface area contributed by atoms with Crippen molar-refractivity contribution in [3.63, 3.8) is 0 Å². The van der Waals surface area contributed by atoms with Gasteiger partial charge in [-0.3, -0.25) is 9.58 Å². The number of rotatable bonds is 5. The number of nitrogens with one attached hydrogen (secondary N) is 1. The molecule has 0 amide bonds. The summed E-state index contributed by atoms with van der Waals surface area (Å²) in [6.07, 6.45) is 2.17. The normalized spacial score (nSPS) is 15.4. The number of nitrogens with zero attached hydrogens (tertiary/aromatic N) is 4. The third-order valence-corrected chi connectivity index (χ3v) is 5.11. The summed E-state index contributed by atoms with van der Waals surface area (Å²) in [6.45, 7) is 10.9. The molecular weight excluding hydrogens is 330 g/mol. The molecule has 1 aliphatic heterocycles. The lowest BCUT2D eigenvalue weighted by atomic mass is 10.2. The minimum absolute atomic E-state index is 0.787. The summed E-state index contributed by atoms with van der Waals surface area (Å²) in [4.78, 5) is 4.76. The Hall–Kier alpha value is -1.92. The molecule has 3 rings (SSSR count). The molecule has 25 heavy (non-hydrogen) atoms. The minimum Gasteiger partial charge on any atom is -0.358 e. The van der Waals surface area contributed by atoms with Gasteiger partial charge in [-0.1, -0.05) is 30.3 Å². The van der Waals surface area contributed by atoms with Gasteiger partial charge in [-0.05, 0) is 31.6 Å². The van der Waals surface area contributed by atoms with E-state index in [0.29, 0.717) is 0 Å². The molecule has 2 heterocycles. The van der Waals surface area contributed by atoms with Gasteiger partial charge in [-0.25, -0.2) is 0 Å². The van der Waals surface area contributed by atoms with Crippen molar-refractivity contribution in [2.45, 2.75) is 33.5 Å². The van der Waals surface area contributed by atoms with E-state index in [2.05, 4.69) is 64.5 Å². The van der Waals surface area contributed by atoms with Crippen molar-refractivity contribution in [1.29, 1.82) is 0 Å². The molecule has 5 nitrogen and oxygen atoms in total. The molecule has 2 aromatic rings. The fourth-order valence-corrected chi connectivity index (χ4v) is 3.37. The molecule has 0 spiro atoms. The van der Waals surface area contributed by atoms with Crippen LogP contribution in [-0.4, -0.2) is 50.9 Å². The van der Waals surface area contributed by atoms with E-state index in [9.17, 15) is 0 Å². The maximum Gasteiger partial charge on any atom is 0.169 e. The van der Waals surface area contributed by atoms with Crippen LogP contribution in [0.5, 0.6) is 0 Å². The van der Waals surface area contributed by atoms with Gasteiger partial charge in [0.1, 0.15) is 0 Å². The van der Waals surface area contributed by atoms with Crippen LogP contribution in [0.4, 0.5) is 0 Å². The summed E-state index contributed by atoms with van der Waals surface area (Å²) >= 11 is 5.56. The zero-order valence-electron chi connectivity index (χ0n) is 15.1. The number of aromatic nitrogens is 2. The summed E-state index contributed by atoms with van der Waals surface area (Å²) in [5.41, 5.74) is 3.73. The second kappa shape index (κ2) is 8.45. The summed E-state index contributed by atoms with van der Waals surface area (Å²) < 4.78 is 2.02. The van der Waals surface area contributed by atoms with Crippen molar-refractivity contribution in [3.05, 3.63) is 53.3 Å². The van der Waals surface area contributed by atoms with E-state index < -0.39 is 0 Å². The Labute approximate surface area is 155 Å². The molecule has 1 aromatic heterocycles. The highest BCUT2D eigenvalue weighted by atomic mass is 32.1. The zero-order chi connectivity index (χ0) is 17.6. The van der Waals surface area contributed by atoms with Gasteiger partial charge in [0.15, 0.2) is 5.11 Å². The lowest BCUT2D eigenvalue weighted by Gasteiger charge is -2.36. The topological polar surface area (TPSA) is 36.3 Å². The van der Waals surface area contributed by atoms with Gasteiger partial charge in [0, 0.05) is 57.6 Å². The van der Waals surface area contributed by atoms with Gasteiger partial charge in [0.05, 0.1) is 5.69 Å². The van der Waals surface area contributed by atoms with Crippen LogP contribution < -0.4 is 5.32 Å². The fraction of sp³-hybridized carbons (Fsp3) is 0.474. The minimum atomic E-state index is 0.787. The summed E-state index contributed by atoms with van der Waals surface area (Å²) in [5.74, 6) is 0. The van der Waals surface area contributed by atoms with Crippen LogP contribution in [-0.2, 0) is 19.6 Å². The van der Waals surface area contributed by atoms with E-state index in [4.69, 9.17) is 12.2 Å². The SMILES string of the molecule is CCn1cc(CN2CCN(C(=S)NCc3ccccc3)CC2)c(C)n1. The highest BCUT2D eigenvalue weighted by Crippen LogP contribution is 2.12. The van der Waals surface area contributed by atoms with E-state index in [1.807, 2.05) is 10.7 Å². The molecule has 6 heteroatoms. The van der Waals surface area contributed by atoms with Gasteiger partial charge >= 0.3 is 0 Å². The monoisotopic (exact) mass is 357 g/mol. The maximum atomic E-state index is 5.56. The standard InChI is InChI=1S/C19H27N5S/c1-3-24-15-18(16(2)21-24)14-22-9-11-23(12-10-22)19(25)20-13-17-7-5-4-6-8-17/h4-8,15H,3,9-14H2,1-2H3,(H,20,25). The van der Waals surface area contributed by atoms with Gasteiger partial charge in [0.25, 0.3) is 0 Å². The Kier molecular flexibility index (Phi) is 6.04. The van der Waals surface area contributed by atoms with Crippen molar-refractivity contribution in [3.8, 4) is 0 Å². The molecular formula is C19H27N5S. The highest BCUT2D eigenvalue weighted by molar-refractivity contribution is 7.80. The van der Waals surface area contributed by atoms with Gasteiger partial charge in [0.2, 0.25) is 0 Å². The molecule has 1 saturated heterocycles. The third-order valence-electron chi connectivity index (χ3n) is 4.71. The number of hydrogen-bond donors (Lipinski definition) is 1. The predicted molar refractivity (Wildman–Crippen MR) is 105 cm³/mol. The number of benzene rings is 1. The van der Waals surface area contributed by atoms with Crippen LogP contribution in [0.3, 0.4) is 0 Å². The summed E-state index contributed by atoms with van der Waals surface area (Å²) in [7, 11) is 0. The Morgan fingerprint density at radius 2 is 1.88 bits per heavy atom. The molecule has 0 bridgehead atoms. The smallest absolute Gasteiger partial charge is 0.169 e. The molecule has 0 radical (unpaired) electrons. The lowest BCUT2D eigenvalue weighted by Crippen LogP contribution is -2.51. The maximum absolute atomic E-state index is 5.56. The molecule has 1 aliphatic rings. The van der Waals surface area contributed by atoms with Gasteiger partial charge in [-0.15, -0.1) is 0 Å². The van der Waals surface area contributed by atoms with Crippen LogP contribution in [0.2, 0.25) is 0 Å². The van der Waals surface area contributed by atoms with E-state index in [-0.39, 0.29) is 0 Å². The Bertz CT molecular complexity index is 689. The first-order valence-corrected chi connectivity index (χ1v) is 9.38. The lowest BCUT2D eigenvalue weighted by molar-refractivity contribution is 0.174. The number of piperazine rings is 1. The van der Waals surface area contributed by atoms with Crippen LogP contribution in [0.15, 0.2) is 36.5 Å². The molecule has 0 unspecified atom stereocenters. The predicted octanol–water partition coefficient (Wildman–Crippen LogP) is 2.40. The molecule has 0 saturated carbocycles. The van der Waals surface area contributed by atoms with Gasteiger partial charge < -0.3 is 10.2 Å². The fourth-order valence-electron chi connectivity index (χ4n) is 3.11. The second-order valence-electron chi connectivity index (χ2n) is 6.50. The molecule has 1 N–H and O–H groups in total. The number of hydrogen-bond acceptors (Lipinski definition) is 3. The first-order valence-electron chi connectivity index (χ1n) is 8.97. The van der Waals surface area contributed by atoms with Crippen molar-refractivity contribution >= 4 is 17.3 Å². The van der Waals surface area contributed by atoms with E-state index in [1.165, 1.54) is 11.1 Å². The van der Waals surface area contributed by atoms with Crippen LogP contribution in [0.25, 0.3) is 0 Å². The first kappa shape index (κ1) is 17.9.